The van der Waals surface area contributed by atoms with E-state index >= 15 is 0 Å². The molecule has 148 valence electrons. The minimum Gasteiger partial charge on any atom is -0.353 e. The smallest absolute Gasteiger partial charge is 0.243 e. The number of benzene rings is 1. The second-order valence-corrected chi connectivity index (χ2v) is 10.6. The molecule has 0 bridgehead atoms. The van der Waals surface area contributed by atoms with Crippen LogP contribution in [0.25, 0.3) is 0 Å². The first-order valence-corrected chi connectivity index (χ1v) is 11.7. The molecule has 1 aliphatic heterocycles. The second-order valence-electron chi connectivity index (χ2n) is 8.63. The summed E-state index contributed by atoms with van der Waals surface area (Å²) in [6.45, 7) is 4.75. The Morgan fingerprint density at radius 2 is 1.59 bits per heavy atom. The molecule has 2 aliphatic carbocycles. The van der Waals surface area contributed by atoms with Gasteiger partial charge < -0.3 is 5.32 Å². The number of carbonyl (C=O) groups is 1. The number of rotatable bonds is 6. The van der Waals surface area contributed by atoms with Crippen molar-refractivity contribution in [2.24, 2.45) is 17.8 Å². The van der Waals surface area contributed by atoms with Crippen molar-refractivity contribution in [2.75, 3.05) is 13.1 Å². The normalized spacial score (nSPS) is 22.2. The van der Waals surface area contributed by atoms with Gasteiger partial charge in [0.05, 0.1) is 4.90 Å². The molecule has 1 N–H and O–H groups in total. The molecule has 0 unspecified atom stereocenters. The van der Waals surface area contributed by atoms with E-state index in [2.05, 4.69) is 5.32 Å². The van der Waals surface area contributed by atoms with Crippen LogP contribution in [0.1, 0.15) is 49.7 Å². The Morgan fingerprint density at radius 1 is 1.00 bits per heavy atom. The molecular weight excluding hydrogens is 360 g/mol. The summed E-state index contributed by atoms with van der Waals surface area (Å²) in [5, 5.41) is 3.30. The molecule has 1 aromatic carbocycles. The minimum atomic E-state index is -3.48. The van der Waals surface area contributed by atoms with Gasteiger partial charge in [-0.15, -0.1) is 0 Å². The first kappa shape index (κ1) is 18.9. The molecule has 1 heterocycles. The van der Waals surface area contributed by atoms with Crippen molar-refractivity contribution in [1.82, 2.24) is 9.62 Å². The molecule has 0 atom stereocenters. The summed E-state index contributed by atoms with van der Waals surface area (Å²) in [7, 11) is -3.48. The van der Waals surface area contributed by atoms with Crippen LogP contribution >= 0.6 is 0 Å². The highest BCUT2D eigenvalue weighted by molar-refractivity contribution is 7.89. The molecule has 3 aliphatic rings. The quantitative estimate of drug-likeness (QED) is 0.812. The van der Waals surface area contributed by atoms with Crippen molar-refractivity contribution in [3.05, 3.63) is 29.3 Å². The summed E-state index contributed by atoms with van der Waals surface area (Å²) < 4.78 is 27.4. The largest absolute Gasteiger partial charge is 0.353 e. The van der Waals surface area contributed by atoms with Gasteiger partial charge in [-0.25, -0.2) is 8.42 Å². The second kappa shape index (κ2) is 7.21. The van der Waals surface area contributed by atoms with Gasteiger partial charge in [0.2, 0.25) is 15.9 Å². The first-order valence-electron chi connectivity index (χ1n) is 10.2. The van der Waals surface area contributed by atoms with Gasteiger partial charge in [-0.1, -0.05) is 6.07 Å². The number of amides is 1. The Bertz CT molecular complexity index is 808. The average molecular weight is 391 g/mol. The highest BCUT2D eigenvalue weighted by Gasteiger charge is 2.43. The van der Waals surface area contributed by atoms with E-state index < -0.39 is 10.0 Å². The van der Waals surface area contributed by atoms with Gasteiger partial charge in [-0.3, -0.25) is 4.79 Å². The predicted octanol–water partition coefficient (Wildman–Crippen LogP) is 3.01. The number of hydrogen-bond donors (Lipinski definition) is 1. The van der Waals surface area contributed by atoms with Crippen LogP contribution in [0.5, 0.6) is 0 Å². The molecule has 0 spiro atoms. The fraction of sp³-hybridized carbons (Fsp3) is 0.667. The van der Waals surface area contributed by atoms with E-state index in [9.17, 15) is 13.2 Å². The van der Waals surface area contributed by atoms with Crippen molar-refractivity contribution in [1.29, 1.82) is 0 Å². The van der Waals surface area contributed by atoms with Gasteiger partial charge in [0.25, 0.3) is 0 Å². The van der Waals surface area contributed by atoms with Crippen LogP contribution in [-0.2, 0) is 14.8 Å². The standard InChI is InChI=1S/C21H30N2O3S/c1-14-3-8-19(13-15(14)2)27(25,26)23-11-9-18(10-12-23)21(24)22-20(16-4-5-16)17-6-7-17/h3,8,13,16-18,20H,4-7,9-12H2,1-2H3,(H,22,24). The number of nitrogens with zero attached hydrogens (tertiary/aromatic N) is 1. The molecule has 3 fully saturated rings. The van der Waals surface area contributed by atoms with Crippen LogP contribution in [0.3, 0.4) is 0 Å². The van der Waals surface area contributed by atoms with Gasteiger partial charge in [-0.2, -0.15) is 4.31 Å². The Hall–Kier alpha value is -1.40. The molecule has 0 radical (unpaired) electrons. The third-order valence-electron chi connectivity index (χ3n) is 6.51. The summed E-state index contributed by atoms with van der Waals surface area (Å²) in [5.74, 6) is 1.46. The van der Waals surface area contributed by atoms with Gasteiger partial charge in [0.15, 0.2) is 0 Å². The molecule has 4 rings (SSSR count). The van der Waals surface area contributed by atoms with Gasteiger partial charge in [0, 0.05) is 25.0 Å². The van der Waals surface area contributed by atoms with Crippen molar-refractivity contribution in [3.8, 4) is 0 Å². The lowest BCUT2D eigenvalue weighted by molar-refractivity contribution is -0.127. The fourth-order valence-corrected chi connectivity index (χ4v) is 5.75. The summed E-state index contributed by atoms with van der Waals surface area (Å²) in [6.07, 6.45) is 6.19. The van der Waals surface area contributed by atoms with Crippen LogP contribution in [0, 0.1) is 31.6 Å². The third kappa shape index (κ3) is 4.06. The zero-order chi connectivity index (χ0) is 19.2. The zero-order valence-corrected chi connectivity index (χ0v) is 17.1. The highest BCUT2D eigenvalue weighted by atomic mass is 32.2. The van der Waals surface area contributed by atoms with Crippen LogP contribution in [0.2, 0.25) is 0 Å². The summed E-state index contributed by atoms with van der Waals surface area (Å²) >= 11 is 0. The van der Waals surface area contributed by atoms with E-state index in [1.807, 2.05) is 19.9 Å². The number of piperidine rings is 1. The van der Waals surface area contributed by atoms with E-state index in [-0.39, 0.29) is 11.8 Å². The average Bonchev–Trinajstić information content (AvgIpc) is 3.55. The van der Waals surface area contributed by atoms with Crippen molar-refractivity contribution in [2.45, 2.75) is 63.3 Å². The lowest BCUT2D eigenvalue weighted by Crippen LogP contribution is -2.46. The zero-order valence-electron chi connectivity index (χ0n) is 16.3. The maximum atomic E-state index is 12.9. The first-order chi connectivity index (χ1) is 12.9. The number of nitrogens with one attached hydrogen (secondary N) is 1. The summed E-state index contributed by atoms with van der Waals surface area (Å²) in [5.41, 5.74) is 2.07. The molecule has 1 saturated heterocycles. The Labute approximate surface area is 162 Å². The van der Waals surface area contributed by atoms with E-state index in [1.54, 1.807) is 16.4 Å². The highest BCUT2D eigenvalue weighted by Crippen LogP contribution is 2.44. The number of carbonyl (C=O) groups excluding carboxylic acids is 1. The van der Waals surface area contributed by atoms with Crippen LogP contribution in [0.4, 0.5) is 0 Å². The molecular formula is C21H30N2O3S. The van der Waals surface area contributed by atoms with Crippen LogP contribution in [-0.4, -0.2) is 37.8 Å². The molecule has 1 amide bonds. The molecule has 0 aromatic heterocycles. The molecule has 6 heteroatoms. The van der Waals surface area contributed by atoms with Crippen LogP contribution in [0.15, 0.2) is 23.1 Å². The van der Waals surface area contributed by atoms with Crippen LogP contribution < -0.4 is 5.32 Å². The maximum absolute atomic E-state index is 12.9. The monoisotopic (exact) mass is 390 g/mol. The molecule has 27 heavy (non-hydrogen) atoms. The van der Waals surface area contributed by atoms with E-state index in [1.165, 1.54) is 25.7 Å². The number of hydrogen-bond acceptors (Lipinski definition) is 3. The minimum absolute atomic E-state index is 0.0591. The SMILES string of the molecule is Cc1ccc(S(=O)(=O)N2CCC(C(=O)NC(C3CC3)C3CC3)CC2)cc1C. The van der Waals surface area contributed by atoms with Gasteiger partial charge in [0.1, 0.15) is 0 Å². The Morgan fingerprint density at radius 3 is 2.11 bits per heavy atom. The van der Waals surface area contributed by atoms with Gasteiger partial charge >= 0.3 is 0 Å². The lowest BCUT2D eigenvalue weighted by atomic mass is 9.96. The van der Waals surface area contributed by atoms with Crippen molar-refractivity contribution < 1.29 is 13.2 Å². The Balaban J connectivity index is 1.36. The van der Waals surface area contributed by atoms with Crippen molar-refractivity contribution >= 4 is 15.9 Å². The topological polar surface area (TPSA) is 66.5 Å². The van der Waals surface area contributed by atoms with E-state index in [0.29, 0.717) is 48.7 Å². The number of aryl methyl sites for hydroxylation is 2. The summed E-state index contributed by atoms with van der Waals surface area (Å²) in [6, 6.07) is 5.67. The maximum Gasteiger partial charge on any atom is 0.243 e. The molecule has 5 nitrogen and oxygen atoms in total. The number of sulfonamides is 1. The Kier molecular flexibility index (Phi) is 5.06. The van der Waals surface area contributed by atoms with Gasteiger partial charge in [-0.05, 0) is 87.5 Å². The van der Waals surface area contributed by atoms with Crippen molar-refractivity contribution in [3.63, 3.8) is 0 Å². The molecule has 2 saturated carbocycles. The predicted molar refractivity (Wildman–Crippen MR) is 105 cm³/mol. The molecule has 1 aromatic rings. The summed E-state index contributed by atoms with van der Waals surface area (Å²) in [4.78, 5) is 13.1. The van der Waals surface area contributed by atoms with E-state index in [4.69, 9.17) is 0 Å². The fourth-order valence-electron chi connectivity index (χ4n) is 4.20. The van der Waals surface area contributed by atoms with E-state index in [0.717, 1.165) is 11.1 Å². The lowest BCUT2D eigenvalue weighted by Gasteiger charge is -2.31. The third-order valence-corrected chi connectivity index (χ3v) is 8.40.